The Kier molecular flexibility index (Phi) is 5.26. The Morgan fingerprint density at radius 1 is 1.25 bits per heavy atom. The summed E-state index contributed by atoms with van der Waals surface area (Å²) in [6.45, 7) is 5.31. The fraction of sp³-hybridized carbons (Fsp3) is 0.500. The van der Waals surface area contributed by atoms with E-state index in [-0.39, 0.29) is 5.83 Å². The highest BCUT2D eigenvalue weighted by molar-refractivity contribution is 5.65. The standard InChI is InChI=1S/C10H15FO/c1-8(2)10(11)5-4-9(3)6-7-12/h6-7H,4-5H2,1-3H3/b9-6-. The molecule has 0 aliphatic heterocycles. The molecule has 0 aliphatic rings. The molecule has 0 bridgehead atoms. The fourth-order valence-electron chi connectivity index (χ4n) is 0.756. The van der Waals surface area contributed by atoms with Crippen molar-refractivity contribution in [3.05, 3.63) is 23.0 Å². The van der Waals surface area contributed by atoms with Gasteiger partial charge < -0.3 is 0 Å². The minimum atomic E-state index is -0.0753. The Bertz CT molecular complexity index is 210. The second-order valence-electron chi connectivity index (χ2n) is 3.05. The monoisotopic (exact) mass is 170 g/mol. The number of rotatable bonds is 4. The van der Waals surface area contributed by atoms with Crippen molar-refractivity contribution >= 4 is 6.29 Å². The molecule has 0 aromatic heterocycles. The molecule has 2 heteroatoms. The third-order valence-corrected chi connectivity index (χ3v) is 1.63. The van der Waals surface area contributed by atoms with Gasteiger partial charge >= 0.3 is 0 Å². The highest BCUT2D eigenvalue weighted by atomic mass is 19.1. The molecule has 0 aromatic carbocycles. The molecule has 0 rings (SSSR count). The zero-order valence-corrected chi connectivity index (χ0v) is 7.86. The first kappa shape index (κ1) is 11.1. The van der Waals surface area contributed by atoms with Crippen molar-refractivity contribution in [3.63, 3.8) is 0 Å². The smallest absolute Gasteiger partial charge is 0.142 e. The van der Waals surface area contributed by atoms with Gasteiger partial charge in [0.15, 0.2) is 0 Å². The van der Waals surface area contributed by atoms with Crippen molar-refractivity contribution in [2.24, 2.45) is 0 Å². The lowest BCUT2D eigenvalue weighted by Gasteiger charge is -1.99. The average Bonchev–Trinajstić information content (AvgIpc) is 2.00. The Morgan fingerprint density at radius 2 is 1.83 bits per heavy atom. The number of halogens is 1. The number of aldehydes is 1. The van der Waals surface area contributed by atoms with Crippen LogP contribution in [0.1, 0.15) is 33.6 Å². The molecule has 0 spiro atoms. The molecular weight excluding hydrogens is 155 g/mol. The van der Waals surface area contributed by atoms with Crippen LogP contribution in [0.25, 0.3) is 0 Å². The molecule has 1 nitrogen and oxygen atoms in total. The summed E-state index contributed by atoms with van der Waals surface area (Å²) in [5.41, 5.74) is 1.63. The number of carbonyl (C=O) groups is 1. The van der Waals surface area contributed by atoms with Crippen LogP contribution in [-0.2, 0) is 4.79 Å². The quantitative estimate of drug-likeness (QED) is 0.468. The molecule has 0 atom stereocenters. The molecule has 0 saturated heterocycles. The Morgan fingerprint density at radius 3 is 2.25 bits per heavy atom. The molecule has 0 radical (unpaired) electrons. The van der Waals surface area contributed by atoms with E-state index in [0.717, 1.165) is 11.9 Å². The van der Waals surface area contributed by atoms with Gasteiger partial charge in [0.05, 0.1) is 5.83 Å². The van der Waals surface area contributed by atoms with Crippen LogP contribution in [0.15, 0.2) is 23.0 Å². The SMILES string of the molecule is CC(C)=C(F)CC/C(C)=C\C=O. The second-order valence-corrected chi connectivity index (χ2v) is 3.05. The molecule has 0 amide bonds. The Labute approximate surface area is 73.0 Å². The third-order valence-electron chi connectivity index (χ3n) is 1.63. The second kappa shape index (κ2) is 5.70. The van der Waals surface area contributed by atoms with Gasteiger partial charge in [-0.25, -0.2) is 4.39 Å². The van der Waals surface area contributed by atoms with Crippen LogP contribution >= 0.6 is 0 Å². The van der Waals surface area contributed by atoms with Gasteiger partial charge in [-0.1, -0.05) is 5.57 Å². The summed E-state index contributed by atoms with van der Waals surface area (Å²) in [6, 6.07) is 0. The van der Waals surface area contributed by atoms with Crippen LogP contribution in [0, 0.1) is 0 Å². The maximum Gasteiger partial charge on any atom is 0.142 e. The number of hydrogen-bond acceptors (Lipinski definition) is 1. The minimum absolute atomic E-state index is 0.0753. The van der Waals surface area contributed by atoms with Crippen molar-refractivity contribution in [3.8, 4) is 0 Å². The van der Waals surface area contributed by atoms with E-state index < -0.39 is 0 Å². The van der Waals surface area contributed by atoms with Crippen molar-refractivity contribution in [2.45, 2.75) is 33.6 Å². The van der Waals surface area contributed by atoms with Gasteiger partial charge in [0.25, 0.3) is 0 Å². The summed E-state index contributed by atoms with van der Waals surface area (Å²) in [4.78, 5) is 10.0. The zero-order valence-electron chi connectivity index (χ0n) is 7.86. The summed E-state index contributed by atoms with van der Waals surface area (Å²) in [7, 11) is 0. The zero-order chi connectivity index (χ0) is 9.56. The molecule has 0 unspecified atom stereocenters. The number of allylic oxidation sites excluding steroid dienone is 4. The van der Waals surface area contributed by atoms with Gasteiger partial charge in [-0.05, 0) is 38.8 Å². The molecule has 0 aliphatic carbocycles. The normalized spacial score (nSPS) is 11.2. The lowest BCUT2D eigenvalue weighted by atomic mass is 10.1. The van der Waals surface area contributed by atoms with Crippen LogP contribution in [0.3, 0.4) is 0 Å². The molecule has 68 valence electrons. The van der Waals surface area contributed by atoms with Crippen LogP contribution in [0.2, 0.25) is 0 Å². The van der Waals surface area contributed by atoms with Crippen molar-refractivity contribution in [2.75, 3.05) is 0 Å². The predicted molar refractivity (Wildman–Crippen MR) is 48.5 cm³/mol. The first-order valence-electron chi connectivity index (χ1n) is 4.00. The molecule has 0 aromatic rings. The van der Waals surface area contributed by atoms with Crippen LogP contribution in [0.5, 0.6) is 0 Å². The van der Waals surface area contributed by atoms with Crippen molar-refractivity contribution in [1.29, 1.82) is 0 Å². The lowest BCUT2D eigenvalue weighted by molar-refractivity contribution is -0.104. The largest absolute Gasteiger partial charge is 0.299 e. The van der Waals surface area contributed by atoms with Crippen molar-refractivity contribution in [1.82, 2.24) is 0 Å². The fourth-order valence-corrected chi connectivity index (χ4v) is 0.756. The molecule has 0 saturated carbocycles. The van der Waals surface area contributed by atoms with Gasteiger partial charge in [-0.2, -0.15) is 0 Å². The topological polar surface area (TPSA) is 17.1 Å². The highest BCUT2D eigenvalue weighted by Gasteiger charge is 1.97. The first-order chi connectivity index (χ1) is 5.57. The van der Waals surface area contributed by atoms with E-state index >= 15 is 0 Å². The molecule has 0 fully saturated rings. The van der Waals surface area contributed by atoms with Crippen LogP contribution in [-0.4, -0.2) is 6.29 Å². The summed E-state index contributed by atoms with van der Waals surface area (Å²) in [5, 5.41) is 0. The third kappa shape index (κ3) is 4.83. The van der Waals surface area contributed by atoms with E-state index in [4.69, 9.17) is 0 Å². The van der Waals surface area contributed by atoms with E-state index in [1.807, 2.05) is 6.92 Å². The number of carbonyl (C=O) groups excluding carboxylic acids is 1. The van der Waals surface area contributed by atoms with E-state index in [0.29, 0.717) is 18.4 Å². The Balaban J connectivity index is 3.92. The van der Waals surface area contributed by atoms with Gasteiger partial charge in [0.2, 0.25) is 0 Å². The summed E-state index contributed by atoms with van der Waals surface area (Å²) < 4.78 is 12.9. The maximum atomic E-state index is 12.9. The van der Waals surface area contributed by atoms with E-state index in [1.54, 1.807) is 13.8 Å². The molecule has 0 heterocycles. The van der Waals surface area contributed by atoms with Gasteiger partial charge in [0, 0.05) is 6.42 Å². The molecular formula is C10H15FO. The van der Waals surface area contributed by atoms with Gasteiger partial charge in [0.1, 0.15) is 6.29 Å². The summed E-state index contributed by atoms with van der Waals surface area (Å²) in [6.07, 6.45) is 3.22. The average molecular weight is 170 g/mol. The van der Waals surface area contributed by atoms with Crippen LogP contribution in [0.4, 0.5) is 4.39 Å². The summed E-state index contributed by atoms with van der Waals surface area (Å²) >= 11 is 0. The molecule has 0 N–H and O–H groups in total. The lowest BCUT2D eigenvalue weighted by Crippen LogP contribution is -1.82. The van der Waals surface area contributed by atoms with E-state index in [9.17, 15) is 9.18 Å². The highest BCUT2D eigenvalue weighted by Crippen LogP contribution is 2.15. The minimum Gasteiger partial charge on any atom is -0.299 e. The first-order valence-corrected chi connectivity index (χ1v) is 4.00. The van der Waals surface area contributed by atoms with E-state index in [2.05, 4.69) is 0 Å². The van der Waals surface area contributed by atoms with E-state index in [1.165, 1.54) is 6.08 Å². The van der Waals surface area contributed by atoms with Crippen molar-refractivity contribution < 1.29 is 9.18 Å². The van der Waals surface area contributed by atoms with Gasteiger partial charge in [-0.3, -0.25) is 4.79 Å². The number of hydrogen-bond donors (Lipinski definition) is 0. The van der Waals surface area contributed by atoms with Gasteiger partial charge in [-0.15, -0.1) is 0 Å². The summed E-state index contributed by atoms with van der Waals surface area (Å²) in [5.74, 6) is -0.0753. The molecule has 12 heavy (non-hydrogen) atoms. The predicted octanol–water partition coefficient (Wildman–Crippen LogP) is 3.18. The Hall–Kier alpha value is -0.920. The maximum absolute atomic E-state index is 12.9. The van der Waals surface area contributed by atoms with Crippen LogP contribution < -0.4 is 0 Å².